The predicted molar refractivity (Wildman–Crippen MR) is 99.4 cm³/mol. The number of carbonyl (C=O) groups is 2. The van der Waals surface area contributed by atoms with Crippen LogP contribution in [0, 0.1) is 0 Å². The zero-order valence-corrected chi connectivity index (χ0v) is 15.7. The molecule has 0 fully saturated rings. The zero-order valence-electron chi connectivity index (χ0n) is 14.9. The van der Waals surface area contributed by atoms with Gasteiger partial charge in [-0.15, -0.1) is 0 Å². The number of sulfonamides is 1. The highest BCUT2D eigenvalue weighted by atomic mass is 32.2. The summed E-state index contributed by atoms with van der Waals surface area (Å²) >= 11 is 0. The summed E-state index contributed by atoms with van der Waals surface area (Å²) < 4.78 is 38.0. The van der Waals surface area contributed by atoms with E-state index in [1.165, 1.54) is 41.3 Å². The van der Waals surface area contributed by atoms with Crippen LogP contribution in [0.2, 0.25) is 0 Å². The van der Waals surface area contributed by atoms with Crippen molar-refractivity contribution in [2.75, 3.05) is 31.7 Å². The molecule has 1 heterocycles. The van der Waals surface area contributed by atoms with Gasteiger partial charge in [0.2, 0.25) is 10.0 Å². The third kappa shape index (κ3) is 4.24. The average Bonchev–Trinajstić information content (AvgIpc) is 2.68. The van der Waals surface area contributed by atoms with Gasteiger partial charge >= 0.3 is 5.97 Å². The van der Waals surface area contributed by atoms with Crippen molar-refractivity contribution in [3.63, 3.8) is 0 Å². The first kappa shape index (κ1) is 19.6. The van der Waals surface area contributed by atoms with Gasteiger partial charge in [0.1, 0.15) is 18.1 Å². The van der Waals surface area contributed by atoms with Gasteiger partial charge in [0.05, 0.1) is 16.1 Å². The molecule has 2 aromatic rings. The average molecular weight is 406 g/mol. The van der Waals surface area contributed by atoms with E-state index in [-0.39, 0.29) is 36.1 Å². The van der Waals surface area contributed by atoms with Crippen LogP contribution < -0.4 is 19.1 Å². The monoisotopic (exact) mass is 406 g/mol. The molecule has 10 heteroatoms. The highest BCUT2D eigenvalue weighted by Gasteiger charge is 2.25. The lowest BCUT2D eigenvalue weighted by molar-refractivity contribution is -0.121. The van der Waals surface area contributed by atoms with Crippen LogP contribution in [0.5, 0.6) is 11.5 Å². The van der Waals surface area contributed by atoms with Gasteiger partial charge in [0.15, 0.2) is 6.61 Å². The predicted octanol–water partition coefficient (Wildman–Crippen LogP) is 1.10. The minimum absolute atomic E-state index is 0.00867. The molecular weight excluding hydrogens is 388 g/mol. The van der Waals surface area contributed by atoms with Gasteiger partial charge in [0.25, 0.3) is 5.91 Å². The Morgan fingerprint density at radius 2 is 2.07 bits per heavy atom. The summed E-state index contributed by atoms with van der Waals surface area (Å²) in [6, 6.07) is 10.2. The van der Waals surface area contributed by atoms with Crippen LogP contribution in [0.1, 0.15) is 10.4 Å². The third-order valence-electron chi connectivity index (χ3n) is 4.07. The number of nitrogens with one attached hydrogen (secondary N) is 1. The fourth-order valence-corrected chi connectivity index (χ4v) is 3.60. The van der Waals surface area contributed by atoms with Crippen molar-refractivity contribution in [3.05, 3.63) is 48.0 Å². The van der Waals surface area contributed by atoms with Crippen molar-refractivity contribution in [3.8, 4) is 11.5 Å². The minimum Gasteiger partial charge on any atom is -0.492 e. The molecule has 0 radical (unpaired) electrons. The number of anilines is 1. The quantitative estimate of drug-likeness (QED) is 0.660. The van der Waals surface area contributed by atoms with Crippen molar-refractivity contribution >= 4 is 27.6 Å². The van der Waals surface area contributed by atoms with Gasteiger partial charge in [-0.2, -0.15) is 0 Å². The first-order chi connectivity index (χ1) is 13.3. The SMILES string of the molecule is CN1C(=O)COc2ccc(S(=O)(=O)NCCOc3cccc(C(=O)O)c3)cc21. The second kappa shape index (κ2) is 7.87. The Bertz CT molecular complexity index is 1020. The van der Waals surface area contributed by atoms with Crippen molar-refractivity contribution < 1.29 is 32.6 Å². The van der Waals surface area contributed by atoms with E-state index in [9.17, 15) is 18.0 Å². The Morgan fingerprint density at radius 1 is 1.29 bits per heavy atom. The second-order valence-corrected chi connectivity index (χ2v) is 7.72. The normalized spacial score (nSPS) is 13.6. The maximum atomic E-state index is 12.5. The maximum Gasteiger partial charge on any atom is 0.335 e. The van der Waals surface area contributed by atoms with E-state index >= 15 is 0 Å². The molecule has 3 rings (SSSR count). The number of nitrogens with zero attached hydrogens (tertiary/aromatic N) is 1. The summed E-state index contributed by atoms with van der Waals surface area (Å²) in [5.74, 6) is -0.592. The Kier molecular flexibility index (Phi) is 5.52. The molecule has 0 aliphatic carbocycles. The molecule has 0 unspecified atom stereocenters. The summed E-state index contributed by atoms with van der Waals surface area (Å²) in [5, 5.41) is 8.95. The molecule has 9 nitrogen and oxygen atoms in total. The van der Waals surface area contributed by atoms with Crippen LogP contribution in [0.3, 0.4) is 0 Å². The number of amides is 1. The topological polar surface area (TPSA) is 122 Å². The van der Waals surface area contributed by atoms with E-state index in [0.717, 1.165) is 0 Å². The van der Waals surface area contributed by atoms with Gasteiger partial charge < -0.3 is 19.5 Å². The lowest BCUT2D eigenvalue weighted by Gasteiger charge is -2.26. The lowest BCUT2D eigenvalue weighted by Crippen LogP contribution is -2.35. The molecule has 28 heavy (non-hydrogen) atoms. The van der Waals surface area contributed by atoms with Crippen molar-refractivity contribution in [1.29, 1.82) is 0 Å². The van der Waals surface area contributed by atoms with Crippen molar-refractivity contribution in [2.45, 2.75) is 4.90 Å². The summed E-state index contributed by atoms with van der Waals surface area (Å²) in [6.07, 6.45) is 0. The number of aromatic carboxylic acids is 1. The Labute approximate surface area is 161 Å². The van der Waals surface area contributed by atoms with Crippen LogP contribution in [-0.2, 0) is 14.8 Å². The number of carboxylic acid groups (broad SMARTS) is 1. The van der Waals surface area contributed by atoms with E-state index in [0.29, 0.717) is 17.2 Å². The number of rotatable bonds is 7. The zero-order chi connectivity index (χ0) is 20.3. The fraction of sp³-hybridized carbons (Fsp3) is 0.222. The van der Waals surface area contributed by atoms with Crippen LogP contribution in [0.15, 0.2) is 47.4 Å². The van der Waals surface area contributed by atoms with E-state index in [1.807, 2.05) is 0 Å². The summed E-state index contributed by atoms with van der Waals surface area (Å²) in [5.41, 5.74) is 0.453. The lowest BCUT2D eigenvalue weighted by atomic mass is 10.2. The van der Waals surface area contributed by atoms with Crippen molar-refractivity contribution in [1.82, 2.24) is 4.72 Å². The second-order valence-electron chi connectivity index (χ2n) is 5.95. The van der Waals surface area contributed by atoms with E-state index in [1.54, 1.807) is 13.1 Å². The molecule has 2 aromatic carbocycles. The van der Waals surface area contributed by atoms with Crippen LogP contribution in [0.25, 0.3) is 0 Å². The Balaban J connectivity index is 1.62. The number of fused-ring (bicyclic) bond motifs is 1. The standard InChI is InChI=1S/C18H18N2O7S/c1-20-15-10-14(5-6-16(15)27-11-17(20)21)28(24,25)19-7-8-26-13-4-2-3-12(9-13)18(22)23/h2-6,9-10,19H,7-8,11H2,1H3,(H,22,23). The van der Waals surface area contributed by atoms with Crippen molar-refractivity contribution in [2.24, 2.45) is 0 Å². The molecule has 1 amide bonds. The molecule has 1 aliphatic heterocycles. The Hall–Kier alpha value is -3.11. The molecular formula is C18H18N2O7S. The molecule has 0 bridgehead atoms. The smallest absolute Gasteiger partial charge is 0.335 e. The van der Waals surface area contributed by atoms with Gasteiger partial charge in [0, 0.05) is 13.6 Å². The van der Waals surface area contributed by atoms with E-state index in [4.69, 9.17) is 14.6 Å². The van der Waals surface area contributed by atoms with E-state index in [2.05, 4.69) is 4.72 Å². The molecule has 0 atom stereocenters. The molecule has 1 aliphatic rings. The number of hydrogen-bond donors (Lipinski definition) is 2. The van der Waals surface area contributed by atoms with E-state index < -0.39 is 16.0 Å². The minimum atomic E-state index is -3.83. The van der Waals surface area contributed by atoms with Gasteiger partial charge in [-0.25, -0.2) is 17.9 Å². The number of benzene rings is 2. The first-order valence-electron chi connectivity index (χ1n) is 8.27. The summed E-state index contributed by atoms with van der Waals surface area (Å²) in [7, 11) is -2.28. The van der Waals surface area contributed by atoms with Gasteiger partial charge in [-0.1, -0.05) is 6.07 Å². The largest absolute Gasteiger partial charge is 0.492 e. The first-order valence-corrected chi connectivity index (χ1v) is 9.75. The highest BCUT2D eigenvalue weighted by molar-refractivity contribution is 7.89. The fourth-order valence-electron chi connectivity index (χ4n) is 2.57. The maximum absolute atomic E-state index is 12.5. The summed E-state index contributed by atoms with van der Waals surface area (Å²) in [6.45, 7) is -0.106. The number of ether oxygens (including phenoxy) is 2. The van der Waals surface area contributed by atoms with Crippen LogP contribution in [-0.4, -0.2) is 52.2 Å². The molecule has 2 N–H and O–H groups in total. The van der Waals surface area contributed by atoms with Crippen LogP contribution in [0.4, 0.5) is 5.69 Å². The third-order valence-corrected chi connectivity index (χ3v) is 5.53. The van der Waals surface area contributed by atoms with Crippen LogP contribution >= 0.6 is 0 Å². The molecule has 0 aromatic heterocycles. The van der Waals surface area contributed by atoms with Gasteiger partial charge in [-0.3, -0.25) is 4.79 Å². The molecule has 148 valence electrons. The van der Waals surface area contributed by atoms with Gasteiger partial charge in [-0.05, 0) is 36.4 Å². The number of hydrogen-bond acceptors (Lipinski definition) is 6. The summed E-state index contributed by atoms with van der Waals surface area (Å²) in [4.78, 5) is 24.0. The number of likely N-dealkylation sites (N-methyl/N-ethyl adjacent to an activating group) is 1. The molecule has 0 saturated heterocycles. The number of carboxylic acids is 1. The molecule has 0 saturated carbocycles. The molecule has 0 spiro atoms. The Morgan fingerprint density at radius 3 is 2.82 bits per heavy atom. The number of carbonyl (C=O) groups excluding carboxylic acids is 1. The highest BCUT2D eigenvalue weighted by Crippen LogP contribution is 2.33.